The van der Waals surface area contributed by atoms with Gasteiger partial charge in [-0.3, -0.25) is 4.72 Å². The number of nitrogens with zero attached hydrogens (tertiary/aromatic N) is 2. The van der Waals surface area contributed by atoms with Crippen molar-refractivity contribution in [2.45, 2.75) is 11.8 Å². The van der Waals surface area contributed by atoms with Gasteiger partial charge in [-0.25, -0.2) is 12.8 Å². The number of benzene rings is 3. The van der Waals surface area contributed by atoms with Gasteiger partial charge in [-0.15, -0.1) is 0 Å². The molecule has 0 bridgehead atoms. The molecule has 1 saturated heterocycles. The quantitative estimate of drug-likeness (QED) is 0.588. The van der Waals surface area contributed by atoms with E-state index in [1.807, 2.05) is 23.1 Å². The summed E-state index contributed by atoms with van der Waals surface area (Å²) in [5, 5.41) is 0.370. The molecule has 0 amide bonds. The van der Waals surface area contributed by atoms with Gasteiger partial charge in [0.2, 0.25) is 0 Å². The molecule has 162 valence electrons. The van der Waals surface area contributed by atoms with Gasteiger partial charge in [0.15, 0.2) is 0 Å². The zero-order valence-electron chi connectivity index (χ0n) is 17.1. The predicted molar refractivity (Wildman–Crippen MR) is 124 cm³/mol. The van der Waals surface area contributed by atoms with E-state index in [1.165, 1.54) is 6.07 Å². The van der Waals surface area contributed by atoms with Gasteiger partial charge in [-0.1, -0.05) is 41.9 Å². The second-order valence-electron chi connectivity index (χ2n) is 7.46. The Balaban J connectivity index is 1.53. The predicted octanol–water partition coefficient (Wildman–Crippen LogP) is 4.91. The fourth-order valence-corrected chi connectivity index (χ4v) is 5.30. The maximum absolute atomic E-state index is 14.3. The maximum Gasteiger partial charge on any atom is 0.262 e. The van der Waals surface area contributed by atoms with Crippen LogP contribution in [0.2, 0.25) is 5.02 Å². The van der Waals surface area contributed by atoms with Crippen LogP contribution in [-0.4, -0.2) is 34.6 Å². The van der Waals surface area contributed by atoms with Gasteiger partial charge in [0.25, 0.3) is 10.0 Å². The Morgan fingerprint density at radius 2 is 1.48 bits per heavy atom. The number of piperazine rings is 1. The topological polar surface area (TPSA) is 52.7 Å². The number of nitrogens with one attached hydrogen (secondary N) is 1. The lowest BCUT2D eigenvalue weighted by atomic mass is 10.2. The van der Waals surface area contributed by atoms with Crippen molar-refractivity contribution in [3.05, 3.63) is 83.1 Å². The molecule has 5 nitrogen and oxygen atoms in total. The smallest absolute Gasteiger partial charge is 0.262 e. The molecule has 1 heterocycles. The van der Waals surface area contributed by atoms with Crippen LogP contribution in [0.25, 0.3) is 0 Å². The second kappa shape index (κ2) is 8.77. The molecule has 0 atom stereocenters. The summed E-state index contributed by atoms with van der Waals surface area (Å²) in [6.07, 6.45) is 0. The highest BCUT2D eigenvalue weighted by atomic mass is 35.5. The maximum atomic E-state index is 14.3. The lowest BCUT2D eigenvalue weighted by molar-refractivity contribution is 0.597. The fourth-order valence-electron chi connectivity index (χ4n) is 3.82. The van der Waals surface area contributed by atoms with Crippen molar-refractivity contribution < 1.29 is 12.8 Å². The van der Waals surface area contributed by atoms with E-state index < -0.39 is 10.0 Å². The number of aryl methyl sites for hydroxylation is 1. The molecule has 0 aromatic heterocycles. The van der Waals surface area contributed by atoms with E-state index in [2.05, 4.69) is 9.62 Å². The first kappa shape index (κ1) is 21.5. The van der Waals surface area contributed by atoms with Gasteiger partial charge < -0.3 is 9.80 Å². The van der Waals surface area contributed by atoms with Crippen LogP contribution in [0.5, 0.6) is 0 Å². The van der Waals surface area contributed by atoms with E-state index in [0.29, 0.717) is 48.1 Å². The minimum atomic E-state index is -3.72. The Hall–Kier alpha value is -2.77. The Morgan fingerprint density at radius 1 is 0.871 bits per heavy atom. The molecule has 1 aliphatic rings. The normalized spacial score (nSPS) is 14.5. The molecule has 0 saturated carbocycles. The highest BCUT2D eigenvalue weighted by molar-refractivity contribution is 7.92. The van der Waals surface area contributed by atoms with Gasteiger partial charge >= 0.3 is 0 Å². The number of rotatable bonds is 5. The van der Waals surface area contributed by atoms with Crippen LogP contribution in [0.1, 0.15) is 5.56 Å². The summed E-state index contributed by atoms with van der Waals surface area (Å²) < 4.78 is 43.0. The average Bonchev–Trinajstić information content (AvgIpc) is 2.74. The third-order valence-corrected chi connectivity index (χ3v) is 7.16. The number of anilines is 3. The summed E-state index contributed by atoms with van der Waals surface area (Å²) in [6, 6.07) is 18.9. The van der Waals surface area contributed by atoms with Crippen LogP contribution in [0.3, 0.4) is 0 Å². The Kier molecular flexibility index (Phi) is 6.07. The van der Waals surface area contributed by atoms with Crippen molar-refractivity contribution in [2.75, 3.05) is 40.7 Å². The van der Waals surface area contributed by atoms with Crippen LogP contribution in [0.15, 0.2) is 71.6 Å². The second-order valence-corrected chi connectivity index (χ2v) is 9.55. The summed E-state index contributed by atoms with van der Waals surface area (Å²) in [7, 11) is -3.72. The SMILES string of the molecule is Cc1ccccc1S(=O)(=O)Nc1ccccc1N1CCN(c2ccc(Cl)cc2F)CC1. The van der Waals surface area contributed by atoms with Crippen molar-refractivity contribution in [3.63, 3.8) is 0 Å². The van der Waals surface area contributed by atoms with Crippen LogP contribution < -0.4 is 14.5 Å². The van der Waals surface area contributed by atoms with Crippen LogP contribution >= 0.6 is 11.6 Å². The molecule has 1 fully saturated rings. The molecular formula is C23H23ClFN3O2S. The monoisotopic (exact) mass is 459 g/mol. The van der Waals surface area contributed by atoms with E-state index in [9.17, 15) is 12.8 Å². The fraction of sp³-hybridized carbons (Fsp3) is 0.217. The van der Waals surface area contributed by atoms with Crippen molar-refractivity contribution in [1.82, 2.24) is 0 Å². The van der Waals surface area contributed by atoms with E-state index in [4.69, 9.17) is 11.6 Å². The number of para-hydroxylation sites is 2. The molecule has 3 aromatic rings. The molecule has 0 aliphatic carbocycles. The van der Waals surface area contributed by atoms with Gasteiger partial charge in [0.1, 0.15) is 5.82 Å². The van der Waals surface area contributed by atoms with Crippen molar-refractivity contribution in [1.29, 1.82) is 0 Å². The van der Waals surface area contributed by atoms with Gasteiger partial charge in [0, 0.05) is 31.2 Å². The first-order valence-electron chi connectivity index (χ1n) is 9.97. The van der Waals surface area contributed by atoms with Crippen molar-refractivity contribution in [2.24, 2.45) is 0 Å². The third-order valence-electron chi connectivity index (χ3n) is 5.40. The van der Waals surface area contributed by atoms with Crippen LogP contribution in [0, 0.1) is 12.7 Å². The van der Waals surface area contributed by atoms with Gasteiger partial charge in [-0.05, 0) is 48.9 Å². The Bertz CT molecular complexity index is 1190. The first-order chi connectivity index (χ1) is 14.8. The number of halogens is 2. The van der Waals surface area contributed by atoms with Crippen molar-refractivity contribution in [3.8, 4) is 0 Å². The summed E-state index contributed by atoms with van der Waals surface area (Å²) in [6.45, 7) is 4.25. The molecule has 8 heteroatoms. The van der Waals surface area contributed by atoms with Crippen molar-refractivity contribution >= 4 is 38.7 Å². The highest BCUT2D eigenvalue weighted by Gasteiger charge is 2.23. The number of hydrogen-bond acceptors (Lipinski definition) is 4. The molecule has 4 rings (SSSR count). The van der Waals surface area contributed by atoms with Crippen LogP contribution in [-0.2, 0) is 10.0 Å². The van der Waals surface area contributed by atoms with Gasteiger partial charge in [-0.2, -0.15) is 0 Å². The molecule has 0 radical (unpaired) electrons. The highest BCUT2D eigenvalue weighted by Crippen LogP contribution is 2.31. The molecule has 1 N–H and O–H groups in total. The largest absolute Gasteiger partial charge is 0.366 e. The zero-order chi connectivity index (χ0) is 22.0. The van der Waals surface area contributed by atoms with Gasteiger partial charge in [0.05, 0.1) is 22.0 Å². The summed E-state index contributed by atoms with van der Waals surface area (Å²) >= 11 is 5.86. The Labute approximate surface area is 187 Å². The lowest BCUT2D eigenvalue weighted by Gasteiger charge is -2.38. The summed E-state index contributed by atoms with van der Waals surface area (Å²) in [5.41, 5.74) is 2.54. The molecular weight excluding hydrogens is 437 g/mol. The summed E-state index contributed by atoms with van der Waals surface area (Å²) in [4.78, 5) is 4.34. The van der Waals surface area contributed by atoms with E-state index in [1.54, 1.807) is 49.4 Å². The number of sulfonamides is 1. The van der Waals surface area contributed by atoms with Crippen LogP contribution in [0.4, 0.5) is 21.5 Å². The standard InChI is InChI=1S/C23H23ClFN3O2S/c1-17-6-2-5-9-23(17)31(29,30)26-20-7-3-4-8-22(20)28-14-12-27(13-15-28)21-11-10-18(24)16-19(21)25/h2-11,16,26H,12-15H2,1H3. The molecule has 3 aromatic carbocycles. The summed E-state index contributed by atoms with van der Waals surface area (Å²) in [5.74, 6) is -0.340. The van der Waals surface area contributed by atoms with E-state index >= 15 is 0 Å². The molecule has 31 heavy (non-hydrogen) atoms. The number of hydrogen-bond donors (Lipinski definition) is 1. The van der Waals surface area contributed by atoms with E-state index in [0.717, 1.165) is 5.69 Å². The average molecular weight is 460 g/mol. The minimum Gasteiger partial charge on any atom is -0.366 e. The molecule has 0 spiro atoms. The van der Waals surface area contributed by atoms with E-state index in [-0.39, 0.29) is 10.7 Å². The first-order valence-corrected chi connectivity index (χ1v) is 11.8. The Morgan fingerprint density at radius 3 is 2.16 bits per heavy atom. The molecule has 0 unspecified atom stereocenters. The molecule has 1 aliphatic heterocycles. The lowest BCUT2D eigenvalue weighted by Crippen LogP contribution is -2.47. The third kappa shape index (κ3) is 4.62. The zero-order valence-corrected chi connectivity index (χ0v) is 18.6. The minimum absolute atomic E-state index is 0.257.